The Balaban J connectivity index is 1.49. The summed E-state index contributed by atoms with van der Waals surface area (Å²) in [5, 5.41) is 0. The highest BCUT2D eigenvalue weighted by Gasteiger charge is 2.37. The van der Waals surface area contributed by atoms with Gasteiger partial charge in [0.15, 0.2) is 5.76 Å². The lowest BCUT2D eigenvalue weighted by Crippen LogP contribution is -2.33. The standard InChI is InChI=1S/C21H19NO4/c1-24-15-4-2-3-13(9-15)10-19-20(23)16-7-8-18-17(21(16)26-19)11-22(12-25-18)14-5-6-14/h2-4,7-10,14H,5-6,11-12H2,1H3/b19-10-. The van der Waals surface area contributed by atoms with Crippen LogP contribution in [0, 0.1) is 0 Å². The minimum absolute atomic E-state index is 0.0887. The molecule has 0 saturated heterocycles. The van der Waals surface area contributed by atoms with Gasteiger partial charge in [0.05, 0.1) is 18.2 Å². The Morgan fingerprint density at radius 3 is 2.92 bits per heavy atom. The molecule has 3 aliphatic rings. The van der Waals surface area contributed by atoms with Crippen LogP contribution in [0.15, 0.2) is 42.2 Å². The predicted molar refractivity (Wildman–Crippen MR) is 96.4 cm³/mol. The third kappa shape index (κ3) is 2.56. The molecule has 2 aliphatic heterocycles. The third-order valence-electron chi connectivity index (χ3n) is 5.10. The van der Waals surface area contributed by atoms with Crippen molar-refractivity contribution in [2.45, 2.75) is 25.4 Å². The number of nitrogens with zero attached hydrogens (tertiary/aromatic N) is 1. The molecule has 0 unspecified atom stereocenters. The summed E-state index contributed by atoms with van der Waals surface area (Å²) in [6.07, 6.45) is 4.20. The van der Waals surface area contributed by atoms with Gasteiger partial charge in [-0.3, -0.25) is 9.69 Å². The molecule has 0 aromatic heterocycles. The molecule has 5 nitrogen and oxygen atoms in total. The number of carbonyl (C=O) groups excluding carboxylic acids is 1. The molecule has 0 radical (unpaired) electrons. The van der Waals surface area contributed by atoms with E-state index in [1.165, 1.54) is 12.8 Å². The molecule has 132 valence electrons. The average molecular weight is 349 g/mol. The van der Waals surface area contributed by atoms with E-state index >= 15 is 0 Å². The van der Waals surface area contributed by atoms with Crippen molar-refractivity contribution in [3.63, 3.8) is 0 Å². The lowest BCUT2D eigenvalue weighted by Gasteiger charge is -2.29. The zero-order valence-electron chi connectivity index (χ0n) is 14.5. The SMILES string of the molecule is COc1cccc(/C=C2\Oc3c(ccc4c3CN(C3CC3)CO4)C2=O)c1. The summed E-state index contributed by atoms with van der Waals surface area (Å²) in [4.78, 5) is 15.1. The molecule has 0 spiro atoms. The summed E-state index contributed by atoms with van der Waals surface area (Å²) >= 11 is 0. The van der Waals surface area contributed by atoms with Crippen LogP contribution in [-0.4, -0.2) is 30.6 Å². The first-order valence-electron chi connectivity index (χ1n) is 8.84. The van der Waals surface area contributed by atoms with Gasteiger partial charge in [0.2, 0.25) is 5.78 Å². The van der Waals surface area contributed by atoms with E-state index in [-0.39, 0.29) is 5.78 Å². The topological polar surface area (TPSA) is 48.0 Å². The zero-order chi connectivity index (χ0) is 17.7. The fourth-order valence-electron chi connectivity index (χ4n) is 3.53. The van der Waals surface area contributed by atoms with Crippen molar-refractivity contribution >= 4 is 11.9 Å². The highest BCUT2D eigenvalue weighted by atomic mass is 16.5. The van der Waals surface area contributed by atoms with Gasteiger partial charge >= 0.3 is 0 Å². The Bertz CT molecular complexity index is 930. The van der Waals surface area contributed by atoms with Gasteiger partial charge in [0.25, 0.3) is 0 Å². The largest absolute Gasteiger partial charge is 0.497 e. The number of ether oxygens (including phenoxy) is 3. The zero-order valence-corrected chi connectivity index (χ0v) is 14.5. The van der Waals surface area contributed by atoms with Crippen molar-refractivity contribution in [2.24, 2.45) is 0 Å². The number of carbonyl (C=O) groups is 1. The van der Waals surface area contributed by atoms with Crippen LogP contribution in [0.3, 0.4) is 0 Å². The van der Waals surface area contributed by atoms with E-state index in [4.69, 9.17) is 14.2 Å². The Morgan fingerprint density at radius 2 is 2.12 bits per heavy atom. The van der Waals surface area contributed by atoms with Gasteiger partial charge in [0, 0.05) is 12.6 Å². The van der Waals surface area contributed by atoms with Crippen LogP contribution >= 0.6 is 0 Å². The second kappa shape index (κ2) is 5.88. The summed E-state index contributed by atoms with van der Waals surface area (Å²) in [7, 11) is 1.62. The normalized spacial score (nSPS) is 20.3. The quantitative estimate of drug-likeness (QED) is 0.792. The maximum absolute atomic E-state index is 12.8. The van der Waals surface area contributed by atoms with Crippen LogP contribution in [0.4, 0.5) is 0 Å². The molecule has 2 aromatic carbocycles. The number of benzene rings is 2. The van der Waals surface area contributed by atoms with Gasteiger partial charge in [-0.05, 0) is 48.7 Å². The lowest BCUT2D eigenvalue weighted by atomic mass is 10.0. The van der Waals surface area contributed by atoms with Gasteiger partial charge in [-0.2, -0.15) is 0 Å². The van der Waals surface area contributed by atoms with Crippen molar-refractivity contribution in [3.05, 3.63) is 58.8 Å². The van der Waals surface area contributed by atoms with Crippen LogP contribution in [-0.2, 0) is 6.54 Å². The number of hydrogen-bond acceptors (Lipinski definition) is 5. The van der Waals surface area contributed by atoms with Crippen molar-refractivity contribution in [3.8, 4) is 17.2 Å². The van der Waals surface area contributed by atoms with Crippen LogP contribution in [0.1, 0.15) is 34.3 Å². The first-order valence-corrected chi connectivity index (χ1v) is 8.84. The molecule has 1 aliphatic carbocycles. The third-order valence-corrected chi connectivity index (χ3v) is 5.10. The van der Waals surface area contributed by atoms with Crippen LogP contribution in [0.2, 0.25) is 0 Å². The number of allylic oxidation sites excluding steroid dienone is 1. The van der Waals surface area contributed by atoms with Crippen LogP contribution < -0.4 is 14.2 Å². The highest BCUT2D eigenvalue weighted by Crippen LogP contribution is 2.43. The van der Waals surface area contributed by atoms with E-state index < -0.39 is 0 Å². The number of hydrogen-bond donors (Lipinski definition) is 0. The summed E-state index contributed by atoms with van der Waals surface area (Å²) in [5.74, 6) is 2.45. The van der Waals surface area contributed by atoms with Gasteiger partial charge in [-0.25, -0.2) is 0 Å². The number of Topliss-reactive ketones (excluding diaryl/α,β-unsaturated/α-hetero) is 1. The molecule has 0 bridgehead atoms. The Kier molecular flexibility index (Phi) is 3.50. The summed E-state index contributed by atoms with van der Waals surface area (Å²) in [6, 6.07) is 11.8. The van der Waals surface area contributed by atoms with E-state index in [1.54, 1.807) is 19.3 Å². The second-order valence-electron chi connectivity index (χ2n) is 6.89. The van der Waals surface area contributed by atoms with Crippen LogP contribution in [0.5, 0.6) is 17.2 Å². The molecule has 5 heteroatoms. The number of fused-ring (bicyclic) bond motifs is 3. The molecular weight excluding hydrogens is 330 g/mol. The van der Waals surface area contributed by atoms with Gasteiger partial charge < -0.3 is 14.2 Å². The Morgan fingerprint density at radius 1 is 1.23 bits per heavy atom. The number of rotatable bonds is 3. The first kappa shape index (κ1) is 15.5. The van der Waals surface area contributed by atoms with E-state index in [9.17, 15) is 4.79 Å². The molecule has 0 atom stereocenters. The lowest BCUT2D eigenvalue weighted by molar-refractivity contribution is 0.0868. The monoisotopic (exact) mass is 349 g/mol. The fourth-order valence-corrected chi connectivity index (χ4v) is 3.53. The minimum atomic E-state index is -0.0887. The second-order valence-corrected chi connectivity index (χ2v) is 6.89. The van der Waals surface area contributed by atoms with E-state index in [2.05, 4.69) is 4.90 Å². The van der Waals surface area contributed by atoms with E-state index in [0.29, 0.717) is 29.8 Å². The summed E-state index contributed by atoms with van der Waals surface area (Å²) < 4.78 is 17.1. The molecule has 0 N–H and O–H groups in total. The maximum Gasteiger partial charge on any atom is 0.231 e. The average Bonchev–Trinajstić information content (AvgIpc) is 3.47. The van der Waals surface area contributed by atoms with Gasteiger partial charge in [-0.1, -0.05) is 12.1 Å². The maximum atomic E-state index is 12.8. The molecule has 2 aromatic rings. The van der Waals surface area contributed by atoms with Crippen LogP contribution in [0.25, 0.3) is 6.08 Å². The molecule has 5 rings (SSSR count). The summed E-state index contributed by atoms with van der Waals surface area (Å²) in [5.41, 5.74) is 2.45. The Hall–Kier alpha value is -2.79. The van der Waals surface area contributed by atoms with Crippen molar-refractivity contribution in [1.29, 1.82) is 0 Å². The molecule has 2 heterocycles. The predicted octanol–water partition coefficient (Wildman–Crippen LogP) is 3.63. The molecule has 1 fully saturated rings. The smallest absolute Gasteiger partial charge is 0.231 e. The van der Waals surface area contributed by atoms with Crippen molar-refractivity contribution in [2.75, 3.05) is 13.8 Å². The fraction of sp³-hybridized carbons (Fsp3) is 0.286. The Labute approximate surface area is 151 Å². The molecule has 0 amide bonds. The first-order chi connectivity index (χ1) is 12.7. The van der Waals surface area contributed by atoms with Gasteiger partial charge in [-0.15, -0.1) is 0 Å². The van der Waals surface area contributed by atoms with Gasteiger partial charge in [0.1, 0.15) is 24.0 Å². The van der Waals surface area contributed by atoms with E-state index in [0.717, 1.165) is 29.2 Å². The molecule has 1 saturated carbocycles. The van der Waals surface area contributed by atoms with Crippen molar-refractivity contribution in [1.82, 2.24) is 4.90 Å². The minimum Gasteiger partial charge on any atom is -0.497 e. The molecular formula is C21H19NO4. The number of methoxy groups -OCH3 is 1. The highest BCUT2D eigenvalue weighted by molar-refractivity contribution is 6.15. The van der Waals surface area contributed by atoms with E-state index in [1.807, 2.05) is 30.3 Å². The number of ketones is 1. The van der Waals surface area contributed by atoms with Crippen molar-refractivity contribution < 1.29 is 19.0 Å². The summed E-state index contributed by atoms with van der Waals surface area (Å²) in [6.45, 7) is 1.37. The molecule has 26 heavy (non-hydrogen) atoms.